The predicted octanol–water partition coefficient (Wildman–Crippen LogP) is 1.13. The zero-order chi connectivity index (χ0) is 13.8. The van der Waals surface area contributed by atoms with Gasteiger partial charge in [-0.15, -0.1) is 24.0 Å². The van der Waals surface area contributed by atoms with Gasteiger partial charge in [0.1, 0.15) is 11.5 Å². The smallest absolute Gasteiger partial charge is 0.191 e. The molecule has 1 atom stereocenters. The van der Waals surface area contributed by atoms with Gasteiger partial charge in [0, 0.05) is 26.2 Å². The van der Waals surface area contributed by atoms with Crippen LogP contribution < -0.4 is 10.6 Å². The van der Waals surface area contributed by atoms with E-state index < -0.39 is 0 Å². The van der Waals surface area contributed by atoms with Crippen molar-refractivity contribution in [1.82, 2.24) is 15.5 Å². The van der Waals surface area contributed by atoms with Crippen LogP contribution in [0.3, 0.4) is 0 Å². The van der Waals surface area contributed by atoms with Crippen LogP contribution >= 0.6 is 24.0 Å². The van der Waals surface area contributed by atoms with Crippen LogP contribution in [-0.2, 0) is 4.74 Å². The van der Waals surface area contributed by atoms with Crippen molar-refractivity contribution in [2.24, 2.45) is 4.99 Å². The summed E-state index contributed by atoms with van der Waals surface area (Å²) in [5, 5.41) is 6.62. The zero-order valence-corrected chi connectivity index (χ0v) is 14.6. The molecule has 1 aromatic rings. The second-order valence-corrected chi connectivity index (χ2v) is 5.15. The fraction of sp³-hybridized carbons (Fsp3) is 0.643. The molecule has 21 heavy (non-hydrogen) atoms. The zero-order valence-electron chi connectivity index (χ0n) is 12.3. The van der Waals surface area contributed by atoms with Gasteiger partial charge in [-0.25, -0.2) is 0 Å². The summed E-state index contributed by atoms with van der Waals surface area (Å²) in [5.41, 5.74) is 0. The molecule has 3 rings (SSSR count). The van der Waals surface area contributed by atoms with E-state index in [0.717, 1.165) is 63.4 Å². The lowest BCUT2D eigenvalue weighted by molar-refractivity contribution is 0.0125. The molecular formula is C14H23IN4O2. The van der Waals surface area contributed by atoms with Crippen molar-refractivity contribution in [2.45, 2.75) is 13.0 Å². The molecule has 0 spiro atoms. The van der Waals surface area contributed by atoms with E-state index in [1.807, 2.05) is 13.0 Å². The summed E-state index contributed by atoms with van der Waals surface area (Å²) < 4.78 is 11.3. The number of hydrogen-bond acceptors (Lipinski definition) is 6. The maximum absolute atomic E-state index is 5.83. The molecule has 1 aromatic heterocycles. The van der Waals surface area contributed by atoms with Crippen molar-refractivity contribution < 1.29 is 9.15 Å². The Morgan fingerprint density at radius 3 is 2.81 bits per heavy atom. The number of aryl methyl sites for hydroxylation is 1. The molecule has 0 saturated carbocycles. The Hall–Kier alpha value is -0.800. The quantitative estimate of drug-likeness (QED) is 0.735. The number of ether oxygens (including phenoxy) is 1. The molecule has 2 aliphatic heterocycles. The number of aliphatic imine (C=N–C) groups is 1. The van der Waals surface area contributed by atoms with Gasteiger partial charge < -0.3 is 19.8 Å². The Balaban J connectivity index is 0.00000161. The second-order valence-electron chi connectivity index (χ2n) is 5.15. The van der Waals surface area contributed by atoms with Gasteiger partial charge >= 0.3 is 0 Å². The Morgan fingerprint density at radius 1 is 1.38 bits per heavy atom. The van der Waals surface area contributed by atoms with Gasteiger partial charge in [0.2, 0.25) is 0 Å². The average molecular weight is 406 g/mol. The Kier molecular flexibility index (Phi) is 6.31. The summed E-state index contributed by atoms with van der Waals surface area (Å²) in [4.78, 5) is 6.78. The molecule has 3 heterocycles. The SMILES string of the molecule is Cc1ccc(C(CNC2=NCCN2)N2CCOCC2)o1.I. The van der Waals surface area contributed by atoms with Crippen molar-refractivity contribution >= 4 is 29.9 Å². The molecule has 118 valence electrons. The van der Waals surface area contributed by atoms with E-state index in [1.165, 1.54) is 0 Å². The number of nitrogens with zero attached hydrogens (tertiary/aromatic N) is 2. The minimum atomic E-state index is 0. The van der Waals surface area contributed by atoms with E-state index in [4.69, 9.17) is 9.15 Å². The largest absolute Gasteiger partial charge is 0.465 e. The normalized spacial score (nSPS) is 20.3. The first-order valence-corrected chi connectivity index (χ1v) is 7.23. The highest BCUT2D eigenvalue weighted by molar-refractivity contribution is 14.0. The van der Waals surface area contributed by atoms with Crippen molar-refractivity contribution in [2.75, 3.05) is 45.9 Å². The van der Waals surface area contributed by atoms with E-state index in [2.05, 4.69) is 26.6 Å². The van der Waals surface area contributed by atoms with Crippen molar-refractivity contribution in [1.29, 1.82) is 0 Å². The molecule has 0 radical (unpaired) electrons. The number of hydrogen-bond donors (Lipinski definition) is 2. The molecule has 0 amide bonds. The molecule has 6 nitrogen and oxygen atoms in total. The third-order valence-electron chi connectivity index (χ3n) is 3.71. The molecule has 2 N–H and O–H groups in total. The van der Waals surface area contributed by atoms with E-state index in [-0.39, 0.29) is 30.0 Å². The number of furan rings is 1. The average Bonchev–Trinajstić information content (AvgIpc) is 3.12. The molecule has 7 heteroatoms. The van der Waals surface area contributed by atoms with Crippen molar-refractivity contribution in [3.8, 4) is 0 Å². The van der Waals surface area contributed by atoms with Crippen LogP contribution in [0.5, 0.6) is 0 Å². The van der Waals surface area contributed by atoms with Crippen LogP contribution in [0, 0.1) is 6.92 Å². The molecule has 1 fully saturated rings. The van der Waals surface area contributed by atoms with E-state index >= 15 is 0 Å². The standard InChI is InChI=1S/C14H22N4O2.HI/c1-11-2-3-13(20-11)12(18-6-8-19-9-7-18)10-17-14-15-4-5-16-14;/h2-3,12H,4-10H2,1H3,(H2,15,16,17);1H. The van der Waals surface area contributed by atoms with Crippen LogP contribution in [0.4, 0.5) is 0 Å². The van der Waals surface area contributed by atoms with Crippen molar-refractivity contribution in [3.63, 3.8) is 0 Å². The highest BCUT2D eigenvalue weighted by Crippen LogP contribution is 2.23. The van der Waals surface area contributed by atoms with Crippen LogP contribution in [-0.4, -0.2) is 56.8 Å². The molecule has 2 aliphatic rings. The van der Waals surface area contributed by atoms with Crippen LogP contribution in [0.15, 0.2) is 21.5 Å². The third kappa shape index (κ3) is 4.33. The summed E-state index contributed by atoms with van der Waals surface area (Å²) in [5.74, 6) is 2.86. The van der Waals surface area contributed by atoms with Gasteiger partial charge in [0.05, 0.1) is 25.8 Å². The number of halogens is 1. The Bertz CT molecular complexity index is 471. The highest BCUT2D eigenvalue weighted by Gasteiger charge is 2.25. The minimum absolute atomic E-state index is 0. The van der Waals surface area contributed by atoms with Gasteiger partial charge in [-0.3, -0.25) is 9.89 Å². The fourth-order valence-corrected chi connectivity index (χ4v) is 2.64. The molecule has 0 bridgehead atoms. The van der Waals surface area contributed by atoms with Crippen LogP contribution in [0.25, 0.3) is 0 Å². The summed E-state index contributed by atoms with van der Waals surface area (Å²) in [6, 6.07) is 4.31. The first-order valence-electron chi connectivity index (χ1n) is 7.23. The second kappa shape index (κ2) is 8.00. The number of nitrogens with one attached hydrogen (secondary N) is 2. The first kappa shape index (κ1) is 16.6. The van der Waals surface area contributed by atoms with Gasteiger partial charge in [0.25, 0.3) is 0 Å². The lowest BCUT2D eigenvalue weighted by Crippen LogP contribution is -2.45. The Labute approximate surface area is 142 Å². The highest BCUT2D eigenvalue weighted by atomic mass is 127. The maximum Gasteiger partial charge on any atom is 0.191 e. The predicted molar refractivity (Wildman–Crippen MR) is 92.3 cm³/mol. The van der Waals surface area contributed by atoms with Crippen LogP contribution in [0.1, 0.15) is 17.6 Å². The molecule has 1 unspecified atom stereocenters. The minimum Gasteiger partial charge on any atom is -0.465 e. The molecular weight excluding hydrogens is 383 g/mol. The summed E-state index contributed by atoms with van der Waals surface area (Å²) in [6.07, 6.45) is 0. The first-order chi connectivity index (χ1) is 9.83. The van der Waals surface area contributed by atoms with E-state index in [1.54, 1.807) is 0 Å². The van der Waals surface area contributed by atoms with Gasteiger partial charge in [-0.2, -0.15) is 0 Å². The number of guanidine groups is 1. The third-order valence-corrected chi connectivity index (χ3v) is 3.71. The summed E-state index contributed by atoms with van der Waals surface area (Å²) >= 11 is 0. The summed E-state index contributed by atoms with van der Waals surface area (Å²) in [7, 11) is 0. The molecule has 0 aromatic carbocycles. The Morgan fingerprint density at radius 2 is 2.19 bits per heavy atom. The van der Waals surface area contributed by atoms with Gasteiger partial charge in [-0.1, -0.05) is 0 Å². The van der Waals surface area contributed by atoms with Crippen molar-refractivity contribution in [3.05, 3.63) is 23.7 Å². The molecule has 1 saturated heterocycles. The van der Waals surface area contributed by atoms with Crippen LogP contribution in [0.2, 0.25) is 0 Å². The summed E-state index contributed by atoms with van der Waals surface area (Å²) in [6.45, 7) is 7.99. The number of morpholine rings is 1. The lowest BCUT2D eigenvalue weighted by Gasteiger charge is -2.33. The maximum atomic E-state index is 5.83. The monoisotopic (exact) mass is 406 g/mol. The van der Waals surface area contributed by atoms with Gasteiger partial charge in [0.15, 0.2) is 5.96 Å². The van der Waals surface area contributed by atoms with E-state index in [0.29, 0.717) is 0 Å². The lowest BCUT2D eigenvalue weighted by atomic mass is 10.1. The molecule has 0 aliphatic carbocycles. The number of rotatable bonds is 4. The van der Waals surface area contributed by atoms with Gasteiger partial charge in [-0.05, 0) is 19.1 Å². The topological polar surface area (TPSA) is 62.0 Å². The van der Waals surface area contributed by atoms with E-state index in [9.17, 15) is 0 Å². The fourth-order valence-electron chi connectivity index (χ4n) is 2.64.